The molecule has 0 aliphatic carbocycles. The first-order valence-corrected chi connectivity index (χ1v) is 10.3. The molecule has 154 valence electrons. The van der Waals surface area contributed by atoms with E-state index in [1.807, 2.05) is 28.9 Å². The van der Waals surface area contributed by atoms with E-state index in [1.165, 1.54) is 4.90 Å². The van der Waals surface area contributed by atoms with Gasteiger partial charge in [-0.2, -0.15) is 0 Å². The summed E-state index contributed by atoms with van der Waals surface area (Å²) in [6.45, 7) is 8.38. The van der Waals surface area contributed by atoms with Crippen LogP contribution in [0.4, 0.5) is 0 Å². The summed E-state index contributed by atoms with van der Waals surface area (Å²) in [5.41, 5.74) is 1.15. The van der Waals surface area contributed by atoms with Crippen LogP contribution in [0, 0.1) is 0 Å². The zero-order chi connectivity index (χ0) is 20.6. The third-order valence-electron chi connectivity index (χ3n) is 6.24. The Labute approximate surface area is 169 Å². The van der Waals surface area contributed by atoms with Crippen molar-refractivity contribution in [2.24, 2.45) is 0 Å². The van der Waals surface area contributed by atoms with Gasteiger partial charge in [0, 0.05) is 18.9 Å². The maximum absolute atomic E-state index is 13.2. The molecule has 8 nitrogen and oxygen atoms in total. The number of quaternary nitrogens is 1. The number of likely N-dealkylation sites (tertiary alicyclic amines) is 1. The first-order valence-electron chi connectivity index (χ1n) is 10.3. The summed E-state index contributed by atoms with van der Waals surface area (Å²) in [4.78, 5) is 17.6. The minimum atomic E-state index is -0.229. The van der Waals surface area contributed by atoms with Gasteiger partial charge >= 0.3 is 0 Å². The number of pyridine rings is 1. The number of aromatic amines is 1. The second-order valence-electron chi connectivity index (χ2n) is 8.42. The van der Waals surface area contributed by atoms with E-state index in [2.05, 4.69) is 41.3 Å². The molecular weight excluding hydrogens is 368 g/mol. The fourth-order valence-electron chi connectivity index (χ4n) is 4.15. The van der Waals surface area contributed by atoms with Crippen LogP contribution < -0.4 is 15.2 Å². The number of aromatic nitrogens is 5. The summed E-state index contributed by atoms with van der Waals surface area (Å²) in [7, 11) is 1.62. The van der Waals surface area contributed by atoms with Gasteiger partial charge in [0.2, 0.25) is 5.82 Å². The van der Waals surface area contributed by atoms with E-state index in [-0.39, 0.29) is 17.1 Å². The van der Waals surface area contributed by atoms with E-state index in [1.54, 1.807) is 7.11 Å². The van der Waals surface area contributed by atoms with E-state index < -0.39 is 0 Å². The minimum Gasteiger partial charge on any atom is -0.497 e. The Hall–Kier alpha value is -2.74. The van der Waals surface area contributed by atoms with Crippen LogP contribution in [0.3, 0.4) is 0 Å². The standard InChI is InChI=1S/C21H28N6O2/c1-5-21(2,3)27-19(23-24-25-27)18(26-10-6-7-11-26)16-12-14-8-9-15(29-4)13-17(14)22-20(16)28/h8-9,12-13,18H,5-7,10-11H2,1-4H3,(H,22,28)/p+1/t18-/m0/s1. The third-order valence-corrected chi connectivity index (χ3v) is 6.24. The Kier molecular flexibility index (Phi) is 5.12. The van der Waals surface area contributed by atoms with Crippen molar-refractivity contribution in [3.05, 3.63) is 46.0 Å². The van der Waals surface area contributed by atoms with Gasteiger partial charge in [-0.25, -0.2) is 4.68 Å². The minimum absolute atomic E-state index is 0.0981. The van der Waals surface area contributed by atoms with Gasteiger partial charge in [0.15, 0.2) is 6.04 Å². The molecule has 8 heteroatoms. The number of H-pyrrole nitrogens is 1. The van der Waals surface area contributed by atoms with Gasteiger partial charge in [-0.3, -0.25) is 4.79 Å². The van der Waals surface area contributed by atoms with Crippen LogP contribution in [0.15, 0.2) is 29.1 Å². The summed E-state index contributed by atoms with van der Waals surface area (Å²) >= 11 is 0. The molecule has 0 amide bonds. The highest BCUT2D eigenvalue weighted by Gasteiger charge is 2.38. The number of nitrogens with one attached hydrogen (secondary N) is 2. The summed E-state index contributed by atoms with van der Waals surface area (Å²) < 4.78 is 7.19. The average molecular weight is 398 g/mol. The quantitative estimate of drug-likeness (QED) is 0.657. The first-order chi connectivity index (χ1) is 13.9. The van der Waals surface area contributed by atoms with E-state index in [0.29, 0.717) is 5.56 Å². The number of tetrazole rings is 1. The highest BCUT2D eigenvalue weighted by atomic mass is 16.5. The molecule has 0 saturated carbocycles. The summed E-state index contributed by atoms with van der Waals surface area (Å²) in [6, 6.07) is 7.52. The lowest BCUT2D eigenvalue weighted by Crippen LogP contribution is -3.10. The molecule has 4 rings (SSSR count). The largest absolute Gasteiger partial charge is 0.497 e. The summed E-state index contributed by atoms with van der Waals surface area (Å²) in [5, 5.41) is 13.7. The second kappa shape index (κ2) is 7.59. The monoisotopic (exact) mass is 397 g/mol. The van der Waals surface area contributed by atoms with E-state index in [4.69, 9.17) is 4.74 Å². The third kappa shape index (κ3) is 3.53. The topological polar surface area (TPSA) is 90.1 Å². The molecule has 1 saturated heterocycles. The molecule has 0 bridgehead atoms. The molecule has 1 aliphatic rings. The molecule has 2 N–H and O–H groups in total. The molecule has 2 aromatic heterocycles. The van der Waals surface area contributed by atoms with E-state index in [0.717, 1.165) is 54.8 Å². The lowest BCUT2D eigenvalue weighted by Gasteiger charge is -2.29. The van der Waals surface area contributed by atoms with Gasteiger partial charge in [0.25, 0.3) is 5.56 Å². The number of hydrogen-bond donors (Lipinski definition) is 2. The lowest BCUT2D eigenvalue weighted by molar-refractivity contribution is -0.914. The Morgan fingerprint density at radius 3 is 2.72 bits per heavy atom. The number of hydrogen-bond acceptors (Lipinski definition) is 5. The Bertz CT molecular complexity index is 1060. The zero-order valence-electron chi connectivity index (χ0n) is 17.5. The van der Waals surface area contributed by atoms with Gasteiger partial charge in [-0.15, -0.1) is 5.10 Å². The van der Waals surface area contributed by atoms with Crippen molar-refractivity contribution in [1.29, 1.82) is 0 Å². The fourth-order valence-corrected chi connectivity index (χ4v) is 4.15. The molecule has 3 aromatic rings. The maximum Gasteiger partial charge on any atom is 0.258 e. The first kappa shape index (κ1) is 19.6. The number of ether oxygens (including phenoxy) is 1. The highest BCUT2D eigenvalue weighted by molar-refractivity contribution is 5.80. The van der Waals surface area contributed by atoms with Crippen molar-refractivity contribution in [3.63, 3.8) is 0 Å². The second-order valence-corrected chi connectivity index (χ2v) is 8.42. The van der Waals surface area contributed by atoms with Crippen molar-refractivity contribution >= 4 is 10.9 Å². The molecule has 1 aromatic carbocycles. The van der Waals surface area contributed by atoms with Crippen LogP contribution in [0.1, 0.15) is 57.5 Å². The predicted molar refractivity (Wildman–Crippen MR) is 110 cm³/mol. The Morgan fingerprint density at radius 2 is 2.03 bits per heavy atom. The number of benzene rings is 1. The van der Waals surface area contributed by atoms with Crippen LogP contribution in [0.25, 0.3) is 10.9 Å². The van der Waals surface area contributed by atoms with E-state index in [9.17, 15) is 4.79 Å². The molecule has 3 heterocycles. The molecule has 1 atom stereocenters. The molecule has 0 spiro atoms. The number of rotatable bonds is 6. The molecular formula is C21H29N6O2+. The van der Waals surface area contributed by atoms with Crippen LogP contribution in [0.2, 0.25) is 0 Å². The number of methoxy groups -OCH3 is 1. The van der Waals surface area contributed by atoms with Crippen molar-refractivity contribution in [2.75, 3.05) is 20.2 Å². The van der Waals surface area contributed by atoms with Gasteiger partial charge in [0.05, 0.1) is 36.8 Å². The van der Waals surface area contributed by atoms with Crippen LogP contribution in [0.5, 0.6) is 5.75 Å². The lowest BCUT2D eigenvalue weighted by atomic mass is 9.99. The van der Waals surface area contributed by atoms with Gasteiger partial charge in [-0.1, -0.05) is 6.92 Å². The molecule has 0 unspecified atom stereocenters. The van der Waals surface area contributed by atoms with Gasteiger partial charge in [0.1, 0.15) is 5.75 Å². The number of fused-ring (bicyclic) bond motifs is 1. The average Bonchev–Trinajstić information content (AvgIpc) is 3.41. The smallest absolute Gasteiger partial charge is 0.258 e. The normalized spacial score (nSPS) is 16.4. The predicted octanol–water partition coefficient (Wildman–Crippen LogP) is 1.44. The van der Waals surface area contributed by atoms with Crippen LogP contribution in [-0.2, 0) is 5.54 Å². The summed E-state index contributed by atoms with van der Waals surface area (Å²) in [6.07, 6.45) is 3.18. The fraction of sp³-hybridized carbons (Fsp3) is 0.524. The zero-order valence-corrected chi connectivity index (χ0v) is 17.5. The molecule has 1 fully saturated rings. The van der Waals surface area contributed by atoms with Crippen molar-refractivity contribution in [3.8, 4) is 5.75 Å². The van der Waals surface area contributed by atoms with Gasteiger partial charge < -0.3 is 14.6 Å². The molecule has 29 heavy (non-hydrogen) atoms. The van der Waals surface area contributed by atoms with Crippen molar-refractivity contribution in [1.82, 2.24) is 25.2 Å². The number of nitrogens with zero attached hydrogens (tertiary/aromatic N) is 4. The maximum atomic E-state index is 13.2. The van der Waals surface area contributed by atoms with Crippen molar-refractivity contribution < 1.29 is 9.64 Å². The van der Waals surface area contributed by atoms with E-state index >= 15 is 0 Å². The SMILES string of the molecule is CCC(C)(C)n1nnnc1[C@H](c1cc2ccc(OC)cc2[nH]c1=O)[NH+]1CCCC1. The molecule has 0 radical (unpaired) electrons. The Balaban J connectivity index is 1.89. The Morgan fingerprint density at radius 1 is 1.28 bits per heavy atom. The molecule has 1 aliphatic heterocycles. The van der Waals surface area contributed by atoms with Crippen LogP contribution in [-0.4, -0.2) is 45.4 Å². The van der Waals surface area contributed by atoms with Gasteiger partial charge in [-0.05, 0) is 54.3 Å². The van der Waals surface area contributed by atoms with Crippen molar-refractivity contribution in [2.45, 2.75) is 51.6 Å². The highest BCUT2D eigenvalue weighted by Crippen LogP contribution is 2.26. The summed E-state index contributed by atoms with van der Waals surface area (Å²) in [5.74, 6) is 1.48. The van der Waals surface area contributed by atoms with Crippen LogP contribution >= 0.6 is 0 Å².